The van der Waals surface area contributed by atoms with Crippen LogP contribution in [0, 0.1) is 0 Å². The van der Waals surface area contributed by atoms with Crippen LogP contribution in [0.1, 0.15) is 6.92 Å². The maximum Gasteiger partial charge on any atom is 0.409 e. The monoisotopic (exact) mass is 202 g/mol. The number of hydrogen-bond acceptors (Lipinski definition) is 4. The van der Waals surface area contributed by atoms with Crippen LogP contribution in [-0.2, 0) is 19.3 Å². The minimum absolute atomic E-state index is 0. The molecule has 1 rings (SSSR count). The molecule has 1 heterocycles. The van der Waals surface area contributed by atoms with Crippen LogP contribution in [0.15, 0.2) is 11.8 Å². The van der Waals surface area contributed by atoms with E-state index in [1.807, 2.05) is 0 Å². The quantitative estimate of drug-likeness (QED) is 0.506. The average molecular weight is 202 g/mol. The van der Waals surface area contributed by atoms with Gasteiger partial charge in [0.05, 0.1) is 0 Å². The first-order chi connectivity index (χ1) is 4.49. The van der Waals surface area contributed by atoms with Crippen molar-refractivity contribution in [1.29, 1.82) is 0 Å². The van der Waals surface area contributed by atoms with Gasteiger partial charge in [-0.3, -0.25) is 4.79 Å². The van der Waals surface area contributed by atoms with Gasteiger partial charge in [-0.25, -0.2) is 4.72 Å². The largest absolute Gasteiger partial charge is 0.409 e. The van der Waals surface area contributed by atoms with Crippen molar-refractivity contribution in [3.63, 3.8) is 0 Å². The Bertz CT molecular complexity index is 293. The van der Waals surface area contributed by atoms with Crippen molar-refractivity contribution >= 4 is 67.6 Å². The van der Waals surface area contributed by atoms with E-state index in [2.05, 4.69) is 4.18 Å². The van der Waals surface area contributed by atoms with Gasteiger partial charge >= 0.3 is 10.3 Å². The Hall–Kier alpha value is 0.596. The Morgan fingerprint density at radius 3 is 2.45 bits per heavy atom. The van der Waals surface area contributed by atoms with Gasteiger partial charge < -0.3 is 4.18 Å². The van der Waals surface area contributed by atoms with Gasteiger partial charge in [0, 0.05) is 57.5 Å². The fourth-order valence-electron chi connectivity index (χ4n) is 0.555. The predicted molar refractivity (Wildman–Crippen MR) is 37.7 cm³/mol. The number of amides is 1. The van der Waals surface area contributed by atoms with Crippen LogP contribution >= 0.6 is 0 Å². The zero-order chi connectivity index (χ0) is 7.78. The molecular formula is C4H5KNO4S. The molecule has 0 spiro atoms. The Morgan fingerprint density at radius 2 is 2.09 bits per heavy atom. The van der Waals surface area contributed by atoms with Crippen molar-refractivity contribution in [3.8, 4) is 0 Å². The summed E-state index contributed by atoms with van der Waals surface area (Å²) in [7, 11) is -3.85. The molecule has 0 unspecified atom stereocenters. The van der Waals surface area contributed by atoms with Gasteiger partial charge in [-0.15, -0.1) is 0 Å². The molecule has 0 bridgehead atoms. The summed E-state index contributed by atoms with van der Waals surface area (Å²) in [6.07, 6.45) is 1.06. The SMILES string of the molecule is CC1=CC(=O)NS(=O)(=O)O1.[K]. The van der Waals surface area contributed by atoms with Crippen LogP contribution < -0.4 is 4.72 Å². The first-order valence-electron chi connectivity index (χ1n) is 2.44. The third-order valence-corrected chi connectivity index (χ3v) is 1.73. The molecule has 1 aliphatic rings. The second kappa shape index (κ2) is 4.01. The van der Waals surface area contributed by atoms with E-state index in [-0.39, 0.29) is 57.1 Å². The van der Waals surface area contributed by atoms with Crippen molar-refractivity contribution < 1.29 is 17.4 Å². The van der Waals surface area contributed by atoms with E-state index in [9.17, 15) is 13.2 Å². The number of rotatable bonds is 0. The van der Waals surface area contributed by atoms with Crippen molar-refractivity contribution in [2.75, 3.05) is 0 Å². The second-order valence-corrected chi connectivity index (χ2v) is 3.04. The molecule has 7 heteroatoms. The zero-order valence-corrected chi connectivity index (χ0v) is 10.1. The molecule has 0 saturated heterocycles. The zero-order valence-electron chi connectivity index (χ0n) is 6.12. The second-order valence-electron chi connectivity index (χ2n) is 1.76. The van der Waals surface area contributed by atoms with Crippen molar-refractivity contribution in [1.82, 2.24) is 4.72 Å². The van der Waals surface area contributed by atoms with Gasteiger partial charge in [0.2, 0.25) is 0 Å². The van der Waals surface area contributed by atoms with Crippen LogP contribution in [0.3, 0.4) is 0 Å². The standard InChI is InChI=1S/C4H5NO4S.K/c1-3-2-4(6)5-10(7,8)9-3;/h2H,1H3,(H,5,6);. The number of hydrogen-bond donors (Lipinski definition) is 1. The molecule has 0 aromatic heterocycles. The van der Waals surface area contributed by atoms with E-state index in [1.54, 1.807) is 4.72 Å². The molecule has 0 aromatic carbocycles. The molecule has 0 aliphatic carbocycles. The first kappa shape index (κ1) is 11.6. The van der Waals surface area contributed by atoms with Crippen LogP contribution in [-0.4, -0.2) is 65.7 Å². The minimum atomic E-state index is -3.85. The molecular weight excluding hydrogens is 197 g/mol. The van der Waals surface area contributed by atoms with Gasteiger partial charge in [0.15, 0.2) is 0 Å². The summed E-state index contributed by atoms with van der Waals surface area (Å²) in [5, 5.41) is 0. The Balaban J connectivity index is 0.000001000. The third kappa shape index (κ3) is 3.68. The molecule has 1 N–H and O–H groups in total. The van der Waals surface area contributed by atoms with Gasteiger partial charge in [-0.2, -0.15) is 8.42 Å². The maximum atomic E-state index is 10.5. The number of carbonyl (C=O) groups is 1. The molecule has 1 aliphatic heterocycles. The Labute approximate surface area is 107 Å². The summed E-state index contributed by atoms with van der Waals surface area (Å²) >= 11 is 0. The molecule has 11 heavy (non-hydrogen) atoms. The maximum absolute atomic E-state index is 10.5. The van der Waals surface area contributed by atoms with E-state index in [1.165, 1.54) is 6.92 Å². The molecule has 0 aromatic rings. The molecule has 57 valence electrons. The summed E-state index contributed by atoms with van der Waals surface area (Å²) in [6, 6.07) is 0. The van der Waals surface area contributed by atoms with Crippen LogP contribution in [0.25, 0.3) is 0 Å². The number of allylic oxidation sites excluding steroid dienone is 1. The molecule has 5 nitrogen and oxygen atoms in total. The summed E-state index contributed by atoms with van der Waals surface area (Å²) in [5.74, 6) is -0.604. The Kier molecular flexibility index (Phi) is 4.23. The van der Waals surface area contributed by atoms with Gasteiger partial charge in [0.1, 0.15) is 5.76 Å². The van der Waals surface area contributed by atoms with Crippen molar-refractivity contribution in [2.45, 2.75) is 6.92 Å². The molecule has 0 saturated carbocycles. The topological polar surface area (TPSA) is 72.5 Å². The van der Waals surface area contributed by atoms with E-state index < -0.39 is 16.2 Å². The fraction of sp³-hybridized carbons (Fsp3) is 0.250. The summed E-state index contributed by atoms with van der Waals surface area (Å²) in [4.78, 5) is 10.4. The van der Waals surface area contributed by atoms with E-state index in [0.29, 0.717) is 0 Å². The molecule has 1 amide bonds. The van der Waals surface area contributed by atoms with E-state index in [0.717, 1.165) is 6.08 Å². The third-order valence-electron chi connectivity index (χ3n) is 0.801. The summed E-state index contributed by atoms with van der Waals surface area (Å²) in [5.41, 5.74) is 0. The normalized spacial score (nSPS) is 20.5. The van der Waals surface area contributed by atoms with Gasteiger partial charge in [0.25, 0.3) is 5.91 Å². The first-order valence-corrected chi connectivity index (χ1v) is 3.85. The molecule has 0 atom stereocenters. The Morgan fingerprint density at radius 1 is 1.55 bits per heavy atom. The van der Waals surface area contributed by atoms with E-state index in [4.69, 9.17) is 0 Å². The van der Waals surface area contributed by atoms with Crippen molar-refractivity contribution in [2.24, 2.45) is 0 Å². The smallest absolute Gasteiger partial charge is 0.371 e. The minimum Gasteiger partial charge on any atom is -0.371 e. The van der Waals surface area contributed by atoms with Gasteiger partial charge in [-0.1, -0.05) is 0 Å². The van der Waals surface area contributed by atoms with Crippen LogP contribution in [0.4, 0.5) is 0 Å². The van der Waals surface area contributed by atoms with E-state index >= 15 is 0 Å². The van der Waals surface area contributed by atoms with Gasteiger partial charge in [-0.05, 0) is 6.92 Å². The summed E-state index contributed by atoms with van der Waals surface area (Å²) < 4.78 is 26.8. The molecule has 0 fully saturated rings. The van der Waals surface area contributed by atoms with Crippen molar-refractivity contribution in [3.05, 3.63) is 11.8 Å². The summed E-state index contributed by atoms with van der Waals surface area (Å²) in [6.45, 7) is 1.39. The van der Waals surface area contributed by atoms with Crippen LogP contribution in [0.5, 0.6) is 0 Å². The van der Waals surface area contributed by atoms with Crippen LogP contribution in [0.2, 0.25) is 0 Å². The fourth-order valence-corrected chi connectivity index (χ4v) is 1.30. The number of nitrogens with one attached hydrogen (secondary N) is 1. The molecule has 1 radical (unpaired) electrons. The predicted octanol–water partition coefficient (Wildman–Crippen LogP) is -1.10. The number of carbonyl (C=O) groups excluding carboxylic acids is 1. The average Bonchev–Trinajstić information content (AvgIpc) is 1.54.